The molecule has 0 fully saturated rings. The van der Waals surface area contributed by atoms with Gasteiger partial charge in [-0.15, -0.1) is 0 Å². The summed E-state index contributed by atoms with van der Waals surface area (Å²) in [5.41, 5.74) is 4.32. The lowest BCUT2D eigenvalue weighted by atomic mass is 10.0. The van der Waals surface area contributed by atoms with Crippen LogP contribution < -0.4 is 29.8 Å². The number of carbonyl (C=O) groups is 1. The van der Waals surface area contributed by atoms with Crippen LogP contribution in [0.5, 0.6) is 28.9 Å². The minimum Gasteiger partial charge on any atom is -0.497 e. The van der Waals surface area contributed by atoms with Crippen LogP contribution in [0.15, 0.2) is 59.4 Å². The number of carbonyl (C=O) groups excluding carboxylic acids is 1. The maximum absolute atomic E-state index is 13.9. The Hall–Kier alpha value is -4.66. The van der Waals surface area contributed by atoms with Gasteiger partial charge in [0.15, 0.2) is 11.5 Å². The summed E-state index contributed by atoms with van der Waals surface area (Å²) in [5.74, 6) is 2.11. The van der Waals surface area contributed by atoms with E-state index in [9.17, 15) is 9.59 Å². The quantitative estimate of drug-likeness (QED) is 0.312. The van der Waals surface area contributed by atoms with Gasteiger partial charge in [-0.2, -0.15) is 0 Å². The van der Waals surface area contributed by atoms with Gasteiger partial charge >= 0.3 is 0 Å². The molecule has 3 aromatic carbocycles. The van der Waals surface area contributed by atoms with E-state index in [4.69, 9.17) is 18.9 Å². The van der Waals surface area contributed by atoms with E-state index < -0.39 is 6.04 Å². The van der Waals surface area contributed by atoms with Crippen molar-refractivity contribution < 1.29 is 23.7 Å². The molecule has 0 aliphatic carbocycles. The van der Waals surface area contributed by atoms with Gasteiger partial charge in [-0.25, -0.2) is 9.36 Å². The average molecular weight is 530 g/mol. The molecule has 2 heterocycles. The number of methoxy groups -OCH3 is 3. The Morgan fingerprint density at radius 1 is 0.949 bits per heavy atom. The van der Waals surface area contributed by atoms with Crippen molar-refractivity contribution in [2.45, 2.75) is 33.2 Å². The lowest BCUT2D eigenvalue weighted by Gasteiger charge is -2.24. The molecule has 1 unspecified atom stereocenters. The number of aryl methyl sites for hydroxylation is 2. The van der Waals surface area contributed by atoms with Crippen LogP contribution in [-0.4, -0.2) is 36.6 Å². The minimum absolute atomic E-state index is 0.246. The van der Waals surface area contributed by atoms with Crippen LogP contribution in [-0.2, 0) is 11.2 Å². The number of para-hydroxylation sites is 1. The molecular weight excluding hydrogens is 498 g/mol. The van der Waals surface area contributed by atoms with Gasteiger partial charge in [0.1, 0.15) is 17.5 Å². The second-order valence-electron chi connectivity index (χ2n) is 9.51. The van der Waals surface area contributed by atoms with Crippen molar-refractivity contribution >= 4 is 11.6 Å². The second-order valence-corrected chi connectivity index (χ2v) is 9.51. The molecular formula is C30H31N3O6. The third kappa shape index (κ3) is 4.60. The number of amides is 1. The summed E-state index contributed by atoms with van der Waals surface area (Å²) < 4.78 is 25.7. The van der Waals surface area contributed by atoms with E-state index in [2.05, 4.69) is 5.32 Å². The van der Waals surface area contributed by atoms with E-state index in [0.717, 1.165) is 16.7 Å². The zero-order chi connectivity index (χ0) is 27.8. The highest BCUT2D eigenvalue weighted by Gasteiger charge is 2.33. The number of aromatic nitrogens is 2. The number of hydrogen-bond donors (Lipinski definition) is 1. The molecule has 1 amide bonds. The lowest BCUT2D eigenvalue weighted by Crippen LogP contribution is -2.31. The van der Waals surface area contributed by atoms with Crippen molar-refractivity contribution in [1.82, 2.24) is 9.36 Å². The Morgan fingerprint density at radius 2 is 1.67 bits per heavy atom. The molecule has 1 aliphatic rings. The third-order valence-corrected chi connectivity index (χ3v) is 7.08. The number of nitrogens with one attached hydrogen (secondary N) is 1. The zero-order valence-corrected chi connectivity index (χ0v) is 22.8. The van der Waals surface area contributed by atoms with Crippen molar-refractivity contribution in [2.24, 2.45) is 0 Å². The van der Waals surface area contributed by atoms with Crippen LogP contribution in [0.2, 0.25) is 0 Å². The van der Waals surface area contributed by atoms with Gasteiger partial charge in [0.2, 0.25) is 11.8 Å². The number of nitrogens with zero attached hydrogens (tertiary/aromatic N) is 2. The second kappa shape index (κ2) is 10.2. The summed E-state index contributed by atoms with van der Waals surface area (Å²) in [6.45, 7) is 5.72. The molecule has 202 valence electrons. The molecule has 0 bridgehead atoms. The number of fused-ring (bicyclic) bond motifs is 2. The predicted octanol–water partition coefficient (Wildman–Crippen LogP) is 5.18. The summed E-state index contributed by atoms with van der Waals surface area (Å²) in [7, 11) is 4.65. The highest BCUT2D eigenvalue weighted by Crippen LogP contribution is 2.43. The molecule has 5 rings (SSSR count). The van der Waals surface area contributed by atoms with Gasteiger partial charge < -0.3 is 24.3 Å². The van der Waals surface area contributed by atoms with E-state index in [1.54, 1.807) is 57.2 Å². The fraction of sp³-hybridized carbons (Fsp3) is 0.267. The topological polar surface area (TPSA) is 93.0 Å². The molecule has 9 heteroatoms. The molecule has 9 nitrogen and oxygen atoms in total. The smallest absolute Gasteiger partial charge is 0.278 e. The van der Waals surface area contributed by atoms with E-state index in [1.165, 1.54) is 4.68 Å². The number of hydrogen-bond acceptors (Lipinski definition) is 6. The summed E-state index contributed by atoms with van der Waals surface area (Å²) in [4.78, 5) is 27.6. The molecule has 1 aliphatic heterocycles. The van der Waals surface area contributed by atoms with E-state index in [-0.39, 0.29) is 11.5 Å². The maximum Gasteiger partial charge on any atom is 0.278 e. The monoisotopic (exact) mass is 529 g/mol. The van der Waals surface area contributed by atoms with Gasteiger partial charge in [-0.1, -0.05) is 18.2 Å². The first-order valence-corrected chi connectivity index (χ1v) is 12.6. The van der Waals surface area contributed by atoms with Crippen molar-refractivity contribution in [3.05, 3.63) is 87.2 Å². The normalized spacial score (nSPS) is 12.6. The van der Waals surface area contributed by atoms with Gasteiger partial charge in [0.25, 0.3) is 5.56 Å². The molecule has 1 N–H and O–H groups in total. The minimum atomic E-state index is -0.837. The summed E-state index contributed by atoms with van der Waals surface area (Å²) in [5, 5.41) is 2.93. The van der Waals surface area contributed by atoms with E-state index >= 15 is 0 Å². The van der Waals surface area contributed by atoms with Crippen LogP contribution >= 0.6 is 0 Å². The van der Waals surface area contributed by atoms with Gasteiger partial charge in [0, 0.05) is 35.9 Å². The maximum atomic E-state index is 13.9. The van der Waals surface area contributed by atoms with Crippen molar-refractivity contribution in [1.29, 1.82) is 0 Å². The Balaban J connectivity index is 1.64. The molecule has 1 aromatic heterocycles. The molecule has 0 saturated carbocycles. The lowest BCUT2D eigenvalue weighted by molar-refractivity contribution is -0.119. The molecule has 0 radical (unpaired) electrons. The van der Waals surface area contributed by atoms with Crippen LogP contribution in [0.25, 0.3) is 5.69 Å². The number of ether oxygens (including phenoxy) is 4. The van der Waals surface area contributed by atoms with Gasteiger partial charge in [-0.3, -0.25) is 9.59 Å². The van der Waals surface area contributed by atoms with Crippen molar-refractivity contribution in [3.8, 4) is 34.6 Å². The molecule has 0 spiro atoms. The SMILES string of the molecule is COc1cc(NC(=O)C(C)n2c3c(c(=O)n2-c2ccc(C)c(C)c2)Cc2cccc(OC)c2O3)cc(OC)c1. The predicted molar refractivity (Wildman–Crippen MR) is 148 cm³/mol. The fourth-order valence-corrected chi connectivity index (χ4v) is 4.76. The molecule has 0 saturated heterocycles. The Kier molecular flexibility index (Phi) is 6.82. The van der Waals surface area contributed by atoms with Crippen molar-refractivity contribution in [3.63, 3.8) is 0 Å². The Bertz CT molecular complexity index is 1610. The summed E-state index contributed by atoms with van der Waals surface area (Å²) in [6, 6.07) is 15.6. The average Bonchev–Trinajstić information content (AvgIpc) is 3.23. The van der Waals surface area contributed by atoms with E-state index in [1.807, 2.05) is 44.2 Å². The fourth-order valence-electron chi connectivity index (χ4n) is 4.76. The Labute approximate surface area is 226 Å². The van der Waals surface area contributed by atoms with E-state index in [0.29, 0.717) is 52.2 Å². The van der Waals surface area contributed by atoms with Gasteiger partial charge in [0.05, 0.1) is 32.6 Å². The van der Waals surface area contributed by atoms with Gasteiger partial charge in [-0.05, 0) is 50.1 Å². The number of rotatable bonds is 7. The van der Waals surface area contributed by atoms with Crippen LogP contribution in [0.3, 0.4) is 0 Å². The first-order chi connectivity index (χ1) is 18.7. The first-order valence-electron chi connectivity index (χ1n) is 12.6. The standard InChI is InChI=1S/C30H31N3O6/c1-17-10-11-22(12-18(17)2)33-29(35)25-13-20-8-7-9-26(38-6)27(20)39-30(25)32(33)19(3)28(34)31-21-14-23(36-4)16-24(15-21)37-5/h7-12,14-16,19H,13H2,1-6H3,(H,31,34). The number of anilines is 1. The van der Waals surface area contributed by atoms with Crippen LogP contribution in [0.1, 0.15) is 35.2 Å². The largest absolute Gasteiger partial charge is 0.497 e. The highest BCUT2D eigenvalue weighted by atomic mass is 16.5. The molecule has 4 aromatic rings. The van der Waals surface area contributed by atoms with Crippen molar-refractivity contribution in [2.75, 3.05) is 26.6 Å². The summed E-state index contributed by atoms with van der Waals surface area (Å²) in [6.07, 6.45) is 0.347. The zero-order valence-electron chi connectivity index (χ0n) is 22.8. The van der Waals surface area contributed by atoms with Crippen LogP contribution in [0, 0.1) is 13.8 Å². The highest BCUT2D eigenvalue weighted by molar-refractivity contribution is 5.94. The first kappa shape index (κ1) is 26.0. The number of benzene rings is 3. The third-order valence-electron chi connectivity index (χ3n) is 7.08. The molecule has 1 atom stereocenters. The Morgan fingerprint density at radius 3 is 2.31 bits per heavy atom. The molecule has 39 heavy (non-hydrogen) atoms. The summed E-state index contributed by atoms with van der Waals surface area (Å²) >= 11 is 0. The van der Waals surface area contributed by atoms with Crippen LogP contribution in [0.4, 0.5) is 5.69 Å².